The monoisotopic (exact) mass is 251 g/mol. The van der Waals surface area contributed by atoms with E-state index in [4.69, 9.17) is 0 Å². The van der Waals surface area contributed by atoms with Crippen LogP contribution < -0.4 is 10.9 Å². The number of aromatic amines is 1. The predicted molar refractivity (Wildman–Crippen MR) is 59.2 cm³/mol. The first kappa shape index (κ1) is 11.9. The number of nitrogens with zero attached hydrogens (tertiary/aromatic N) is 1. The Morgan fingerprint density at radius 3 is 2.78 bits per heavy atom. The van der Waals surface area contributed by atoms with E-state index in [1.807, 2.05) is 0 Å². The summed E-state index contributed by atoms with van der Waals surface area (Å²) < 4.78 is 26.1. The molecule has 0 aliphatic carbocycles. The Bertz CT molecular complexity index is 634. The lowest BCUT2D eigenvalue weighted by atomic mass is 10.3. The fourth-order valence-corrected chi connectivity index (χ4v) is 1.25. The van der Waals surface area contributed by atoms with Gasteiger partial charge in [-0.3, -0.25) is 9.59 Å². The second kappa shape index (κ2) is 4.74. The van der Waals surface area contributed by atoms with E-state index < -0.39 is 23.1 Å². The quantitative estimate of drug-likeness (QED) is 0.844. The summed E-state index contributed by atoms with van der Waals surface area (Å²) >= 11 is 0. The smallest absolute Gasteiger partial charge is 0.275 e. The number of carbonyl (C=O) groups excluding carboxylic acids is 1. The molecule has 7 heteroatoms. The van der Waals surface area contributed by atoms with Gasteiger partial charge in [0.25, 0.3) is 11.5 Å². The number of benzene rings is 1. The third-order valence-corrected chi connectivity index (χ3v) is 2.08. The van der Waals surface area contributed by atoms with Crippen molar-refractivity contribution in [1.29, 1.82) is 0 Å². The molecule has 1 aromatic carbocycles. The minimum atomic E-state index is -0.769. The molecule has 2 N–H and O–H groups in total. The van der Waals surface area contributed by atoms with Gasteiger partial charge in [-0.2, -0.15) is 0 Å². The lowest BCUT2D eigenvalue weighted by Gasteiger charge is -2.05. The Balaban J connectivity index is 2.23. The number of aromatic nitrogens is 2. The molecule has 0 aliphatic heterocycles. The molecule has 0 spiro atoms. The fraction of sp³-hybridized carbons (Fsp3) is 0. The molecule has 0 aliphatic rings. The SMILES string of the molecule is O=C(Nc1cc(F)ccc1F)c1c[nH]c(=O)cn1. The summed E-state index contributed by atoms with van der Waals surface area (Å²) in [6.07, 6.45) is 1.99. The van der Waals surface area contributed by atoms with E-state index in [9.17, 15) is 18.4 Å². The number of rotatable bonds is 2. The van der Waals surface area contributed by atoms with Gasteiger partial charge in [0.1, 0.15) is 17.3 Å². The van der Waals surface area contributed by atoms with Gasteiger partial charge in [-0.05, 0) is 12.1 Å². The van der Waals surface area contributed by atoms with Crippen LogP contribution in [0.25, 0.3) is 0 Å². The first-order valence-corrected chi connectivity index (χ1v) is 4.87. The summed E-state index contributed by atoms with van der Waals surface area (Å²) in [5.74, 6) is -2.20. The van der Waals surface area contributed by atoms with Crippen molar-refractivity contribution >= 4 is 11.6 Å². The lowest BCUT2D eigenvalue weighted by Crippen LogP contribution is -2.17. The fourth-order valence-electron chi connectivity index (χ4n) is 1.25. The van der Waals surface area contributed by atoms with Crippen LogP contribution in [0.4, 0.5) is 14.5 Å². The van der Waals surface area contributed by atoms with Crippen molar-refractivity contribution in [3.8, 4) is 0 Å². The highest BCUT2D eigenvalue weighted by Gasteiger charge is 2.11. The zero-order valence-corrected chi connectivity index (χ0v) is 8.91. The number of hydrogen-bond acceptors (Lipinski definition) is 3. The van der Waals surface area contributed by atoms with Gasteiger partial charge in [0.2, 0.25) is 0 Å². The second-order valence-corrected chi connectivity index (χ2v) is 3.37. The van der Waals surface area contributed by atoms with Gasteiger partial charge in [-0.25, -0.2) is 13.8 Å². The van der Waals surface area contributed by atoms with E-state index in [-0.39, 0.29) is 11.4 Å². The van der Waals surface area contributed by atoms with Crippen LogP contribution in [0.3, 0.4) is 0 Å². The largest absolute Gasteiger partial charge is 0.325 e. The number of hydrogen-bond donors (Lipinski definition) is 2. The van der Waals surface area contributed by atoms with Crippen molar-refractivity contribution in [2.75, 3.05) is 5.32 Å². The topological polar surface area (TPSA) is 74.8 Å². The van der Waals surface area contributed by atoms with Crippen LogP contribution in [0.1, 0.15) is 10.5 Å². The summed E-state index contributed by atoms with van der Waals surface area (Å²) in [5, 5.41) is 2.15. The molecule has 5 nitrogen and oxygen atoms in total. The summed E-state index contributed by atoms with van der Waals surface area (Å²) in [5.41, 5.74) is -0.880. The lowest BCUT2D eigenvalue weighted by molar-refractivity contribution is 0.102. The van der Waals surface area contributed by atoms with Gasteiger partial charge in [-0.15, -0.1) is 0 Å². The number of halogens is 2. The first-order chi connectivity index (χ1) is 8.56. The number of H-pyrrole nitrogens is 1. The average Bonchev–Trinajstić information content (AvgIpc) is 2.34. The van der Waals surface area contributed by atoms with Crippen LogP contribution in [0.2, 0.25) is 0 Å². The maximum Gasteiger partial charge on any atom is 0.275 e. The third kappa shape index (κ3) is 2.57. The molecule has 0 fully saturated rings. The van der Waals surface area contributed by atoms with E-state index in [1.165, 1.54) is 0 Å². The van der Waals surface area contributed by atoms with E-state index in [0.29, 0.717) is 0 Å². The van der Waals surface area contributed by atoms with E-state index in [0.717, 1.165) is 30.6 Å². The molecule has 1 amide bonds. The highest BCUT2D eigenvalue weighted by atomic mass is 19.1. The van der Waals surface area contributed by atoms with Crippen molar-refractivity contribution in [2.24, 2.45) is 0 Å². The Labute approximate surface area is 99.5 Å². The van der Waals surface area contributed by atoms with Gasteiger partial charge in [0, 0.05) is 12.3 Å². The van der Waals surface area contributed by atoms with Gasteiger partial charge < -0.3 is 10.3 Å². The molecule has 0 radical (unpaired) electrons. The zero-order chi connectivity index (χ0) is 13.1. The van der Waals surface area contributed by atoms with Crippen molar-refractivity contribution in [3.63, 3.8) is 0 Å². The van der Waals surface area contributed by atoms with Crippen LogP contribution in [0, 0.1) is 11.6 Å². The van der Waals surface area contributed by atoms with Gasteiger partial charge >= 0.3 is 0 Å². The minimum Gasteiger partial charge on any atom is -0.325 e. The molecule has 0 atom stereocenters. The predicted octanol–water partition coefficient (Wildman–Crippen LogP) is 1.30. The zero-order valence-electron chi connectivity index (χ0n) is 8.91. The molecule has 18 heavy (non-hydrogen) atoms. The Morgan fingerprint density at radius 1 is 1.33 bits per heavy atom. The number of carbonyl (C=O) groups is 1. The molecular weight excluding hydrogens is 244 g/mol. The van der Waals surface area contributed by atoms with Crippen LogP contribution in [-0.2, 0) is 0 Å². The van der Waals surface area contributed by atoms with E-state index >= 15 is 0 Å². The van der Waals surface area contributed by atoms with E-state index in [2.05, 4.69) is 15.3 Å². The molecular formula is C11H7F2N3O2. The molecule has 1 aromatic heterocycles. The minimum absolute atomic E-state index is 0.113. The maximum atomic E-state index is 13.3. The van der Waals surface area contributed by atoms with E-state index in [1.54, 1.807) is 0 Å². The summed E-state index contributed by atoms with van der Waals surface area (Å²) in [4.78, 5) is 28.1. The molecule has 0 unspecified atom stereocenters. The highest BCUT2D eigenvalue weighted by Crippen LogP contribution is 2.15. The second-order valence-electron chi connectivity index (χ2n) is 3.37. The highest BCUT2D eigenvalue weighted by molar-refractivity contribution is 6.02. The molecule has 92 valence electrons. The van der Waals surface area contributed by atoms with Gasteiger partial charge in [0.15, 0.2) is 0 Å². The Morgan fingerprint density at radius 2 is 2.11 bits per heavy atom. The summed E-state index contributed by atoms with van der Waals surface area (Å²) in [6.45, 7) is 0. The number of anilines is 1. The average molecular weight is 251 g/mol. The molecule has 0 saturated carbocycles. The van der Waals surface area contributed by atoms with Gasteiger partial charge in [-0.1, -0.05) is 0 Å². The molecule has 1 heterocycles. The summed E-state index contributed by atoms with van der Waals surface area (Å²) in [6, 6.07) is 2.67. The summed E-state index contributed by atoms with van der Waals surface area (Å²) in [7, 11) is 0. The van der Waals surface area contributed by atoms with Gasteiger partial charge in [0.05, 0.1) is 11.9 Å². The van der Waals surface area contributed by atoms with Crippen molar-refractivity contribution in [3.05, 3.63) is 58.3 Å². The number of nitrogens with one attached hydrogen (secondary N) is 2. The van der Waals surface area contributed by atoms with Crippen LogP contribution >= 0.6 is 0 Å². The van der Waals surface area contributed by atoms with Crippen LogP contribution in [-0.4, -0.2) is 15.9 Å². The maximum absolute atomic E-state index is 13.3. The van der Waals surface area contributed by atoms with Crippen molar-refractivity contribution in [2.45, 2.75) is 0 Å². The Hall–Kier alpha value is -2.57. The molecule has 2 aromatic rings. The molecule has 2 rings (SSSR count). The molecule has 0 saturated heterocycles. The standard InChI is InChI=1S/C11H7F2N3O2/c12-6-1-2-7(13)8(3-6)16-11(18)9-4-15-10(17)5-14-9/h1-5H,(H,15,17)(H,16,18). The molecule has 0 bridgehead atoms. The van der Waals surface area contributed by atoms with Crippen LogP contribution in [0.5, 0.6) is 0 Å². The normalized spacial score (nSPS) is 10.1. The Kier molecular flexibility index (Phi) is 3.13. The number of amides is 1. The third-order valence-electron chi connectivity index (χ3n) is 2.08. The van der Waals surface area contributed by atoms with Crippen LogP contribution in [0.15, 0.2) is 35.4 Å². The van der Waals surface area contributed by atoms with Crippen molar-refractivity contribution < 1.29 is 13.6 Å². The first-order valence-electron chi connectivity index (χ1n) is 4.87. The van der Waals surface area contributed by atoms with Crippen molar-refractivity contribution in [1.82, 2.24) is 9.97 Å².